The van der Waals surface area contributed by atoms with Gasteiger partial charge in [0.2, 0.25) is 0 Å². The number of aromatic amines is 3. The van der Waals surface area contributed by atoms with E-state index in [1.165, 1.54) is 18.2 Å². The molecule has 0 amide bonds. The lowest BCUT2D eigenvalue weighted by Crippen LogP contribution is -2.43. The van der Waals surface area contributed by atoms with Crippen molar-refractivity contribution in [2.75, 3.05) is 18.0 Å². The number of alkyl halides is 2. The van der Waals surface area contributed by atoms with Gasteiger partial charge >= 0.3 is 5.69 Å². The van der Waals surface area contributed by atoms with E-state index in [1.807, 2.05) is 4.98 Å². The van der Waals surface area contributed by atoms with Gasteiger partial charge in [0, 0.05) is 19.3 Å². The van der Waals surface area contributed by atoms with Crippen LogP contribution in [0, 0.1) is 17.1 Å². The minimum absolute atomic E-state index is 0.0186. The van der Waals surface area contributed by atoms with Gasteiger partial charge < -0.3 is 15.2 Å². The molecular formula is C20H16F3N7O3. The fraction of sp³-hybridized carbons (Fsp3) is 0.250. The van der Waals surface area contributed by atoms with Crippen LogP contribution in [0.4, 0.5) is 18.9 Å². The summed E-state index contributed by atoms with van der Waals surface area (Å²) in [6.07, 6.45) is 1.10. The summed E-state index contributed by atoms with van der Waals surface area (Å²) in [7, 11) is 0. The van der Waals surface area contributed by atoms with Crippen LogP contribution in [0.1, 0.15) is 11.1 Å². The second-order valence-electron chi connectivity index (χ2n) is 7.45. The summed E-state index contributed by atoms with van der Waals surface area (Å²) in [4.78, 5) is 40.9. The number of aromatic nitrogens is 4. The van der Waals surface area contributed by atoms with E-state index in [4.69, 9.17) is 5.26 Å². The Labute approximate surface area is 182 Å². The molecule has 3 heterocycles. The van der Waals surface area contributed by atoms with Crippen LogP contribution in [0.15, 0.2) is 44.8 Å². The van der Waals surface area contributed by atoms with E-state index in [9.17, 15) is 27.6 Å². The van der Waals surface area contributed by atoms with Crippen molar-refractivity contribution in [3.05, 3.63) is 78.6 Å². The smallest absolute Gasteiger partial charge is 0.325 e. The molecular weight excluding hydrogens is 443 g/mol. The molecule has 1 aliphatic heterocycles. The van der Waals surface area contributed by atoms with Crippen molar-refractivity contribution in [2.24, 2.45) is 0 Å². The number of nitrogens with zero attached hydrogens (tertiary/aromatic N) is 3. The lowest BCUT2D eigenvalue weighted by atomic mass is 10.1. The van der Waals surface area contributed by atoms with Crippen LogP contribution in [-0.2, 0) is 6.54 Å². The lowest BCUT2D eigenvalue weighted by Gasteiger charge is -2.18. The molecule has 1 aromatic carbocycles. The first-order valence-corrected chi connectivity index (χ1v) is 9.65. The van der Waals surface area contributed by atoms with E-state index in [0.717, 1.165) is 17.2 Å². The first-order chi connectivity index (χ1) is 15.7. The van der Waals surface area contributed by atoms with E-state index >= 15 is 0 Å². The van der Waals surface area contributed by atoms with Crippen LogP contribution in [-0.4, -0.2) is 45.2 Å². The zero-order valence-electron chi connectivity index (χ0n) is 16.8. The number of hydrogen-bond donors (Lipinski definition) is 4. The topological polar surface area (TPSA) is 151 Å². The van der Waals surface area contributed by atoms with Gasteiger partial charge in [0.05, 0.1) is 29.4 Å². The molecule has 170 valence electrons. The number of halogens is 3. The Bertz CT molecular complexity index is 1420. The third kappa shape index (κ3) is 4.41. The summed E-state index contributed by atoms with van der Waals surface area (Å²) in [5.41, 5.74) is -2.20. The van der Waals surface area contributed by atoms with Crippen molar-refractivity contribution in [1.82, 2.24) is 25.5 Å². The molecule has 1 fully saturated rings. The largest absolute Gasteiger partial charge is 0.359 e. The second-order valence-corrected chi connectivity index (χ2v) is 7.45. The number of nitriles is 1. The fourth-order valence-corrected chi connectivity index (χ4v) is 3.55. The van der Waals surface area contributed by atoms with Gasteiger partial charge in [-0.15, -0.1) is 0 Å². The number of H-pyrrole nitrogens is 3. The van der Waals surface area contributed by atoms with E-state index < -0.39 is 41.1 Å². The fourth-order valence-electron chi connectivity index (χ4n) is 3.55. The highest BCUT2D eigenvalue weighted by Gasteiger charge is 2.48. The number of benzene rings is 1. The molecule has 3 aromatic rings. The van der Waals surface area contributed by atoms with Gasteiger partial charge in [-0.3, -0.25) is 14.6 Å². The summed E-state index contributed by atoms with van der Waals surface area (Å²) in [6, 6.07) is 5.34. The minimum Gasteiger partial charge on any atom is -0.359 e. The molecule has 0 aliphatic carbocycles. The second kappa shape index (κ2) is 8.40. The first-order valence-electron chi connectivity index (χ1n) is 9.65. The molecule has 0 spiro atoms. The molecule has 33 heavy (non-hydrogen) atoms. The van der Waals surface area contributed by atoms with Crippen molar-refractivity contribution >= 4 is 5.69 Å². The molecule has 1 atom stereocenters. The molecule has 0 bridgehead atoms. The Hall–Kier alpha value is -4.18. The Balaban J connectivity index is 1.55. The van der Waals surface area contributed by atoms with Crippen molar-refractivity contribution < 1.29 is 13.2 Å². The molecule has 1 saturated heterocycles. The van der Waals surface area contributed by atoms with E-state index in [-0.39, 0.29) is 35.6 Å². The highest BCUT2D eigenvalue weighted by Crippen LogP contribution is 2.31. The summed E-state index contributed by atoms with van der Waals surface area (Å²) < 4.78 is 43.1. The van der Waals surface area contributed by atoms with Gasteiger partial charge in [0.1, 0.15) is 17.6 Å². The first kappa shape index (κ1) is 22.0. The van der Waals surface area contributed by atoms with Crippen LogP contribution in [0.25, 0.3) is 11.3 Å². The van der Waals surface area contributed by atoms with Crippen LogP contribution in [0.2, 0.25) is 0 Å². The summed E-state index contributed by atoms with van der Waals surface area (Å²) in [6.45, 7) is -1.11. The maximum absolute atomic E-state index is 14.7. The molecule has 4 rings (SSSR count). The van der Waals surface area contributed by atoms with Crippen LogP contribution < -0.4 is 27.0 Å². The molecule has 2 aromatic heterocycles. The third-order valence-corrected chi connectivity index (χ3v) is 5.24. The van der Waals surface area contributed by atoms with Gasteiger partial charge in [-0.1, -0.05) is 6.07 Å². The SMILES string of the molecule is N#Cc1ccc(CNC2CN(c3cc(-c4c[nH]c(=O)[nH]c4=O)n[nH]c3=O)CC2(F)F)cc1F. The zero-order chi connectivity index (χ0) is 23.8. The van der Waals surface area contributed by atoms with Crippen molar-refractivity contribution in [3.63, 3.8) is 0 Å². The standard InChI is InChI=1S/C20H16F3N7O3/c21-13-3-10(1-2-11(13)5-24)6-25-16-8-30(9-20(16,22)23)15-4-14(28-29-18(15)32)12-7-26-19(33)27-17(12)31/h1-4,7,16,25H,6,8-9H2,(H,29,32)(H2,26,27,31,33). The van der Waals surface area contributed by atoms with Gasteiger partial charge in [-0.05, 0) is 23.8 Å². The summed E-state index contributed by atoms with van der Waals surface area (Å²) >= 11 is 0. The molecule has 10 nitrogen and oxygen atoms in total. The Kier molecular flexibility index (Phi) is 5.60. The average Bonchev–Trinajstić information content (AvgIpc) is 3.07. The van der Waals surface area contributed by atoms with Crippen LogP contribution in [0.3, 0.4) is 0 Å². The number of anilines is 1. The molecule has 0 saturated carbocycles. The third-order valence-electron chi connectivity index (χ3n) is 5.24. The van der Waals surface area contributed by atoms with E-state index in [2.05, 4.69) is 20.5 Å². The van der Waals surface area contributed by atoms with E-state index in [0.29, 0.717) is 5.56 Å². The van der Waals surface area contributed by atoms with Crippen molar-refractivity contribution in [3.8, 4) is 17.3 Å². The quantitative estimate of drug-likeness (QED) is 0.432. The maximum Gasteiger partial charge on any atom is 0.325 e. The van der Waals surface area contributed by atoms with E-state index in [1.54, 1.807) is 6.07 Å². The zero-order valence-corrected chi connectivity index (χ0v) is 16.8. The monoisotopic (exact) mass is 459 g/mol. The van der Waals surface area contributed by atoms with Crippen molar-refractivity contribution in [1.29, 1.82) is 5.26 Å². The Morgan fingerprint density at radius 2 is 2.03 bits per heavy atom. The number of rotatable bonds is 5. The molecule has 1 aliphatic rings. The lowest BCUT2D eigenvalue weighted by molar-refractivity contribution is -0.00251. The molecule has 1 unspecified atom stereocenters. The normalized spacial score (nSPS) is 17.2. The minimum atomic E-state index is -3.23. The molecule has 0 radical (unpaired) electrons. The van der Waals surface area contributed by atoms with Gasteiger partial charge in [-0.2, -0.15) is 10.4 Å². The van der Waals surface area contributed by atoms with Crippen molar-refractivity contribution in [2.45, 2.75) is 18.5 Å². The Morgan fingerprint density at radius 1 is 1.24 bits per heavy atom. The predicted octanol–water partition coefficient (Wildman–Crippen LogP) is 0.438. The summed E-state index contributed by atoms with van der Waals surface area (Å²) in [5.74, 6) is -3.97. The number of hydrogen-bond acceptors (Lipinski definition) is 7. The molecule has 4 N–H and O–H groups in total. The molecule has 13 heteroatoms. The highest BCUT2D eigenvalue weighted by atomic mass is 19.3. The predicted molar refractivity (Wildman–Crippen MR) is 110 cm³/mol. The highest BCUT2D eigenvalue weighted by molar-refractivity contribution is 5.62. The average molecular weight is 459 g/mol. The maximum atomic E-state index is 14.7. The summed E-state index contributed by atoms with van der Waals surface area (Å²) in [5, 5.41) is 17.4. The van der Waals surface area contributed by atoms with Crippen LogP contribution >= 0.6 is 0 Å². The Morgan fingerprint density at radius 3 is 2.73 bits per heavy atom. The number of nitrogens with one attached hydrogen (secondary N) is 4. The van der Waals surface area contributed by atoms with Gasteiger partial charge in [0.15, 0.2) is 0 Å². The van der Waals surface area contributed by atoms with Gasteiger partial charge in [0.25, 0.3) is 17.0 Å². The van der Waals surface area contributed by atoms with Gasteiger partial charge in [-0.25, -0.2) is 23.1 Å². The van der Waals surface area contributed by atoms with Crippen LogP contribution in [0.5, 0.6) is 0 Å².